The quantitative estimate of drug-likeness (QED) is 0.360. The highest BCUT2D eigenvalue weighted by molar-refractivity contribution is 7.92. The highest BCUT2D eigenvalue weighted by atomic mass is 35.5. The summed E-state index contributed by atoms with van der Waals surface area (Å²) < 4.78 is 81.0. The third-order valence-corrected chi connectivity index (χ3v) is 6.59. The molecule has 0 bridgehead atoms. The first kappa shape index (κ1) is 26.7. The molecule has 0 radical (unpaired) electrons. The maximum absolute atomic E-state index is 13.4. The molecule has 0 spiro atoms. The van der Waals surface area contributed by atoms with Gasteiger partial charge < -0.3 is 4.90 Å². The van der Waals surface area contributed by atoms with E-state index in [2.05, 4.69) is 9.71 Å². The Kier molecular flexibility index (Phi) is 7.63. The number of carbonyl (C=O) groups is 1. The molecular weight excluding hydrogens is 533 g/mol. The molecule has 0 saturated heterocycles. The predicted molar refractivity (Wildman–Crippen MR) is 125 cm³/mol. The molecule has 6 nitrogen and oxygen atoms in total. The minimum Gasteiger partial charge on any atom is -0.304 e. The van der Waals surface area contributed by atoms with E-state index in [1.165, 1.54) is 17.0 Å². The van der Waals surface area contributed by atoms with Gasteiger partial charge in [-0.1, -0.05) is 23.2 Å². The van der Waals surface area contributed by atoms with Crippen molar-refractivity contribution in [2.24, 2.45) is 0 Å². The van der Waals surface area contributed by atoms with E-state index in [-0.39, 0.29) is 16.4 Å². The number of rotatable bonds is 6. The number of nitrogens with one attached hydrogen (secondary N) is 1. The average molecular weight is 550 g/mol. The number of carbonyl (C=O) groups excluding carboxylic acids is 1. The fraction of sp³-hybridized carbons (Fsp3) is 0.182. The Hall–Kier alpha value is -2.89. The minimum absolute atomic E-state index is 0.0378. The first-order valence-corrected chi connectivity index (χ1v) is 12.1. The summed E-state index contributed by atoms with van der Waals surface area (Å²) in [4.78, 5) is 17.8. The van der Waals surface area contributed by atoms with Gasteiger partial charge in [0.05, 0.1) is 26.2 Å². The Balaban J connectivity index is 2.06. The van der Waals surface area contributed by atoms with Crippen molar-refractivity contribution in [1.29, 1.82) is 0 Å². The van der Waals surface area contributed by atoms with Gasteiger partial charge in [0.2, 0.25) is 0 Å². The molecule has 0 aliphatic heterocycles. The summed E-state index contributed by atoms with van der Waals surface area (Å²) in [6.07, 6.45) is -3.78. The summed E-state index contributed by atoms with van der Waals surface area (Å²) in [6.45, 7) is 3.35. The Labute approximate surface area is 208 Å². The van der Waals surface area contributed by atoms with Crippen molar-refractivity contribution in [3.63, 3.8) is 0 Å². The lowest BCUT2D eigenvalue weighted by Gasteiger charge is -2.27. The van der Waals surface area contributed by atoms with Gasteiger partial charge in [-0.15, -0.1) is 0 Å². The number of sulfonamides is 1. The number of alkyl halides is 3. The molecule has 0 aliphatic carbocycles. The molecule has 1 N–H and O–H groups in total. The molecule has 0 unspecified atom stereocenters. The van der Waals surface area contributed by atoms with Crippen LogP contribution in [0.2, 0.25) is 10.0 Å². The van der Waals surface area contributed by atoms with Crippen LogP contribution in [0.1, 0.15) is 29.9 Å². The van der Waals surface area contributed by atoms with Crippen molar-refractivity contribution in [3.8, 4) is 0 Å². The molecule has 1 aromatic heterocycles. The topological polar surface area (TPSA) is 79.4 Å². The van der Waals surface area contributed by atoms with Crippen molar-refractivity contribution < 1.29 is 30.8 Å². The van der Waals surface area contributed by atoms with Gasteiger partial charge in [0.1, 0.15) is 5.82 Å². The van der Waals surface area contributed by atoms with Gasteiger partial charge in [0.15, 0.2) is 5.69 Å². The van der Waals surface area contributed by atoms with E-state index in [1.54, 1.807) is 13.8 Å². The van der Waals surface area contributed by atoms with Crippen molar-refractivity contribution in [2.45, 2.75) is 31.0 Å². The number of hydrogen-bond acceptors (Lipinski definition) is 4. The average Bonchev–Trinajstić information content (AvgIpc) is 2.74. The highest BCUT2D eigenvalue weighted by Crippen LogP contribution is 2.36. The van der Waals surface area contributed by atoms with Gasteiger partial charge in [-0.25, -0.2) is 17.8 Å². The zero-order valence-corrected chi connectivity index (χ0v) is 20.4. The maximum atomic E-state index is 13.4. The summed E-state index contributed by atoms with van der Waals surface area (Å²) in [7, 11) is -4.63. The maximum Gasteiger partial charge on any atom is 0.417 e. The monoisotopic (exact) mass is 549 g/mol. The Morgan fingerprint density at radius 1 is 1.06 bits per heavy atom. The molecule has 0 saturated carbocycles. The second kappa shape index (κ2) is 10.00. The molecule has 3 rings (SSSR count). The van der Waals surface area contributed by atoms with Crippen LogP contribution in [0.15, 0.2) is 59.6 Å². The largest absolute Gasteiger partial charge is 0.417 e. The number of benzene rings is 2. The lowest BCUT2D eigenvalue weighted by Crippen LogP contribution is -2.38. The van der Waals surface area contributed by atoms with Crippen LogP contribution < -0.4 is 9.62 Å². The Bertz CT molecular complexity index is 1370. The fourth-order valence-electron chi connectivity index (χ4n) is 3.15. The van der Waals surface area contributed by atoms with E-state index < -0.39 is 49.4 Å². The van der Waals surface area contributed by atoms with Crippen LogP contribution in [0.4, 0.5) is 28.9 Å². The van der Waals surface area contributed by atoms with E-state index in [4.69, 9.17) is 23.2 Å². The van der Waals surface area contributed by atoms with E-state index in [0.717, 1.165) is 36.5 Å². The van der Waals surface area contributed by atoms with Crippen molar-refractivity contribution >= 4 is 50.5 Å². The molecule has 2 aromatic carbocycles. The van der Waals surface area contributed by atoms with Gasteiger partial charge in [0.25, 0.3) is 15.9 Å². The molecule has 186 valence electrons. The molecule has 13 heteroatoms. The third kappa shape index (κ3) is 6.03. The second-order valence-electron chi connectivity index (χ2n) is 7.54. The lowest BCUT2D eigenvalue weighted by atomic mass is 10.2. The smallest absolute Gasteiger partial charge is 0.304 e. The number of pyridine rings is 1. The van der Waals surface area contributed by atoms with Crippen LogP contribution >= 0.6 is 23.2 Å². The first-order valence-electron chi connectivity index (χ1n) is 9.85. The third-order valence-electron chi connectivity index (χ3n) is 4.69. The van der Waals surface area contributed by atoms with E-state index >= 15 is 0 Å². The fourth-order valence-corrected chi connectivity index (χ4v) is 4.61. The number of hydrogen-bond donors (Lipinski definition) is 1. The van der Waals surface area contributed by atoms with E-state index in [1.807, 2.05) is 0 Å². The molecule has 1 heterocycles. The van der Waals surface area contributed by atoms with Gasteiger partial charge in [-0.05, 0) is 62.4 Å². The zero-order valence-electron chi connectivity index (χ0n) is 18.1. The Morgan fingerprint density at radius 3 is 2.26 bits per heavy atom. The van der Waals surface area contributed by atoms with Crippen molar-refractivity contribution in [3.05, 3.63) is 81.8 Å². The highest BCUT2D eigenvalue weighted by Gasteiger charge is 2.35. The summed E-state index contributed by atoms with van der Waals surface area (Å²) in [6, 6.07) is 7.73. The first-order chi connectivity index (χ1) is 16.2. The van der Waals surface area contributed by atoms with Gasteiger partial charge >= 0.3 is 6.18 Å². The number of anilines is 2. The van der Waals surface area contributed by atoms with Gasteiger partial charge in [-0.2, -0.15) is 13.2 Å². The normalized spacial score (nSPS) is 12.0. The number of amides is 1. The van der Waals surface area contributed by atoms with Crippen LogP contribution in [0, 0.1) is 5.82 Å². The van der Waals surface area contributed by atoms with Crippen molar-refractivity contribution in [1.82, 2.24) is 4.98 Å². The van der Waals surface area contributed by atoms with Crippen LogP contribution in [-0.4, -0.2) is 25.4 Å². The van der Waals surface area contributed by atoms with Crippen LogP contribution in [0.5, 0.6) is 0 Å². The van der Waals surface area contributed by atoms with Crippen LogP contribution in [-0.2, 0) is 16.2 Å². The molecule has 0 fully saturated rings. The van der Waals surface area contributed by atoms with Gasteiger partial charge in [0, 0.05) is 17.9 Å². The summed E-state index contributed by atoms with van der Waals surface area (Å²) in [5, 5.41) is -0.715. The molecule has 0 aliphatic rings. The van der Waals surface area contributed by atoms with Crippen molar-refractivity contribution in [2.75, 3.05) is 9.62 Å². The molecule has 3 aromatic rings. The second-order valence-corrected chi connectivity index (χ2v) is 10.1. The number of aromatic nitrogens is 1. The molecule has 0 atom stereocenters. The zero-order chi connectivity index (χ0) is 26.1. The van der Waals surface area contributed by atoms with Gasteiger partial charge in [-0.3, -0.25) is 9.52 Å². The summed E-state index contributed by atoms with van der Waals surface area (Å²) in [5.74, 6) is -1.28. The number of halogens is 6. The summed E-state index contributed by atoms with van der Waals surface area (Å²) >= 11 is 11.5. The molecule has 1 amide bonds. The predicted octanol–water partition coefficient (Wildman–Crippen LogP) is 6.40. The molecule has 35 heavy (non-hydrogen) atoms. The van der Waals surface area contributed by atoms with Crippen LogP contribution in [0.3, 0.4) is 0 Å². The SMILES string of the molecule is CC(C)N(C(=O)c1ncc(Cl)cc1NS(=O)(=O)c1ccc(Cl)c(C(F)(F)F)c1)c1ccc(F)cc1. The summed E-state index contributed by atoms with van der Waals surface area (Å²) in [5.41, 5.74) is -1.77. The van der Waals surface area contributed by atoms with E-state index in [0.29, 0.717) is 11.8 Å². The lowest BCUT2D eigenvalue weighted by molar-refractivity contribution is -0.137. The van der Waals surface area contributed by atoms with E-state index in [9.17, 15) is 30.8 Å². The Morgan fingerprint density at radius 2 is 1.69 bits per heavy atom. The minimum atomic E-state index is -4.89. The standard InChI is InChI=1S/C22H17Cl2F4N3O3S/c1-12(2)31(15-5-3-14(25)4-6-15)21(32)20-19(9-13(23)11-29-20)30-35(33,34)16-7-8-18(24)17(10-16)22(26,27)28/h3-12,30H,1-2H3. The van der Waals surface area contributed by atoms with Crippen LogP contribution in [0.25, 0.3) is 0 Å². The molecular formula is C22H17Cl2F4N3O3S. The number of nitrogens with zero attached hydrogens (tertiary/aromatic N) is 2.